The van der Waals surface area contributed by atoms with Crippen molar-refractivity contribution < 1.29 is 37.0 Å². The van der Waals surface area contributed by atoms with Crippen LogP contribution in [-0.4, -0.2) is 76.5 Å². The molecule has 0 aromatic heterocycles. The fraction of sp³-hybridized carbons (Fsp3) is 0.613. The lowest BCUT2D eigenvalue weighted by molar-refractivity contribution is -0.148. The van der Waals surface area contributed by atoms with Gasteiger partial charge in [-0.25, -0.2) is 13.8 Å². The third-order valence-corrected chi connectivity index (χ3v) is 10.5. The number of allylic oxidation sites excluding steroid dienone is 1. The third-order valence-electron chi connectivity index (χ3n) is 8.89. The van der Waals surface area contributed by atoms with Crippen LogP contribution in [0.25, 0.3) is 0 Å². The number of nitrogens with one attached hydrogen (secondary N) is 2. The molecule has 2 N–H and O–H groups in total. The molecule has 1 saturated heterocycles. The Balaban J connectivity index is 1.38. The van der Waals surface area contributed by atoms with E-state index < -0.39 is 58.7 Å². The second-order valence-electron chi connectivity index (χ2n) is 12.0. The Morgan fingerprint density at radius 2 is 1.77 bits per heavy atom. The minimum Gasteiger partial charge on any atom is -0.467 e. The number of amides is 3. The Bertz CT molecular complexity index is 1290. The lowest BCUT2D eigenvalue weighted by Crippen LogP contribution is -2.56. The summed E-state index contributed by atoms with van der Waals surface area (Å²) in [5.41, 5.74) is -1.21. The zero-order valence-electron chi connectivity index (χ0n) is 24.8. The maximum absolute atomic E-state index is 14.1. The standard InChI is InChI=1S/C31H40BrN3O8S/c1-41-29(38)31-18-20(31)9-5-3-2-4-6-12-25(33-30(39)42-22-10-7-8-11-22)28(37)35-19-23(17-26(35)27(36)34-31)43-44(40)24-15-13-21(32)14-16-24/h5,9,13-16,20,22-23,25-26H,2-4,6-8,10-12,17-19H2,1H3,(H,33,39)(H,34,36)/b9-5-/t20?,23-,25-,26?,31?,44?/m0/s1. The topological polar surface area (TPSA) is 140 Å². The fourth-order valence-electron chi connectivity index (χ4n) is 6.36. The van der Waals surface area contributed by atoms with E-state index in [1.165, 1.54) is 12.0 Å². The normalized spacial score (nSPS) is 31.0. The molecule has 3 fully saturated rings. The summed E-state index contributed by atoms with van der Waals surface area (Å²) in [6.07, 6.45) is 10.0. The Kier molecular flexibility index (Phi) is 10.8. The molecular formula is C31H40BrN3O8S. The number of ether oxygens (including phenoxy) is 2. The summed E-state index contributed by atoms with van der Waals surface area (Å²) >= 11 is 1.52. The second-order valence-corrected chi connectivity index (χ2v) is 14.0. The quantitative estimate of drug-likeness (QED) is 0.336. The van der Waals surface area contributed by atoms with Gasteiger partial charge >= 0.3 is 12.1 Å². The van der Waals surface area contributed by atoms with Crippen LogP contribution >= 0.6 is 15.9 Å². The van der Waals surface area contributed by atoms with E-state index in [0.29, 0.717) is 24.2 Å². The van der Waals surface area contributed by atoms with Gasteiger partial charge in [0.25, 0.3) is 0 Å². The lowest BCUT2D eigenvalue weighted by Gasteiger charge is -2.29. The molecule has 44 heavy (non-hydrogen) atoms. The molecule has 2 aliphatic heterocycles. The summed E-state index contributed by atoms with van der Waals surface area (Å²) in [7, 11) is 1.28. The van der Waals surface area contributed by atoms with Crippen LogP contribution in [-0.2, 0) is 39.1 Å². The van der Waals surface area contributed by atoms with Gasteiger partial charge in [-0.1, -0.05) is 40.9 Å². The van der Waals surface area contributed by atoms with Gasteiger partial charge in [-0.3, -0.25) is 13.8 Å². The highest BCUT2D eigenvalue weighted by Crippen LogP contribution is 2.46. The van der Waals surface area contributed by atoms with E-state index in [1.54, 1.807) is 24.3 Å². The summed E-state index contributed by atoms with van der Waals surface area (Å²) in [6, 6.07) is 4.91. The first-order valence-electron chi connectivity index (χ1n) is 15.4. The van der Waals surface area contributed by atoms with E-state index in [4.69, 9.17) is 13.7 Å². The molecule has 6 atom stereocenters. The lowest BCUT2D eigenvalue weighted by atomic mass is 10.0. The minimum atomic E-state index is -1.85. The highest BCUT2D eigenvalue weighted by Gasteiger charge is 2.62. The van der Waals surface area contributed by atoms with Crippen molar-refractivity contribution >= 4 is 50.9 Å². The highest BCUT2D eigenvalue weighted by molar-refractivity contribution is 9.10. The molecule has 4 unspecified atom stereocenters. The molecule has 4 aliphatic rings. The minimum absolute atomic E-state index is 0.0103. The Hall–Kier alpha value is -2.77. The van der Waals surface area contributed by atoms with Gasteiger partial charge < -0.3 is 25.0 Å². The average molecular weight is 695 g/mol. The number of hydrogen-bond acceptors (Lipinski definition) is 8. The molecule has 0 bridgehead atoms. The number of nitrogens with zero attached hydrogens (tertiary/aromatic N) is 1. The van der Waals surface area contributed by atoms with Crippen LogP contribution in [0.3, 0.4) is 0 Å². The molecule has 2 saturated carbocycles. The van der Waals surface area contributed by atoms with E-state index in [0.717, 1.165) is 49.4 Å². The molecule has 1 aromatic carbocycles. The van der Waals surface area contributed by atoms with Gasteiger partial charge in [0.15, 0.2) is 11.1 Å². The van der Waals surface area contributed by atoms with Crippen molar-refractivity contribution in [1.29, 1.82) is 0 Å². The Morgan fingerprint density at radius 1 is 1.05 bits per heavy atom. The van der Waals surface area contributed by atoms with Crippen LogP contribution < -0.4 is 10.6 Å². The monoisotopic (exact) mass is 693 g/mol. The molecular weight excluding hydrogens is 654 g/mol. The van der Waals surface area contributed by atoms with Crippen molar-refractivity contribution in [2.75, 3.05) is 13.7 Å². The third kappa shape index (κ3) is 7.71. The van der Waals surface area contributed by atoms with E-state index in [-0.39, 0.29) is 25.0 Å². The second kappa shape index (κ2) is 14.6. The number of methoxy groups -OCH3 is 1. The smallest absolute Gasteiger partial charge is 0.408 e. The summed E-state index contributed by atoms with van der Waals surface area (Å²) < 4.78 is 30.4. The molecule has 2 heterocycles. The predicted molar refractivity (Wildman–Crippen MR) is 164 cm³/mol. The van der Waals surface area contributed by atoms with E-state index in [1.807, 2.05) is 12.2 Å². The first-order chi connectivity index (χ1) is 21.2. The number of hydrogen-bond donors (Lipinski definition) is 2. The summed E-state index contributed by atoms with van der Waals surface area (Å²) in [5, 5.41) is 5.66. The first-order valence-corrected chi connectivity index (χ1v) is 17.3. The van der Waals surface area contributed by atoms with Crippen LogP contribution in [0.2, 0.25) is 0 Å². The number of carbonyl (C=O) groups excluding carboxylic acids is 4. The maximum atomic E-state index is 14.1. The number of rotatable bonds is 6. The van der Waals surface area contributed by atoms with Gasteiger partial charge in [0, 0.05) is 23.4 Å². The molecule has 2 aliphatic carbocycles. The number of fused-ring (bicyclic) bond motifs is 2. The fourth-order valence-corrected chi connectivity index (χ4v) is 7.48. The van der Waals surface area contributed by atoms with Crippen LogP contribution in [0.1, 0.15) is 70.6 Å². The summed E-state index contributed by atoms with van der Waals surface area (Å²) in [4.78, 5) is 55.5. The van der Waals surface area contributed by atoms with Crippen LogP contribution in [0.5, 0.6) is 0 Å². The summed E-state index contributed by atoms with van der Waals surface area (Å²) in [5.74, 6) is -1.73. The van der Waals surface area contributed by atoms with Crippen molar-refractivity contribution in [3.05, 3.63) is 40.9 Å². The van der Waals surface area contributed by atoms with E-state index in [2.05, 4.69) is 26.6 Å². The molecule has 3 amide bonds. The van der Waals surface area contributed by atoms with Crippen LogP contribution in [0, 0.1) is 5.92 Å². The van der Waals surface area contributed by atoms with Gasteiger partial charge in [-0.05, 0) is 75.6 Å². The molecule has 0 radical (unpaired) electrons. The largest absolute Gasteiger partial charge is 0.467 e. The molecule has 240 valence electrons. The van der Waals surface area contributed by atoms with Crippen molar-refractivity contribution in [1.82, 2.24) is 15.5 Å². The number of esters is 1. The van der Waals surface area contributed by atoms with Gasteiger partial charge in [0.2, 0.25) is 11.8 Å². The molecule has 5 rings (SSSR count). The van der Waals surface area contributed by atoms with Gasteiger partial charge in [-0.15, -0.1) is 0 Å². The number of carbonyl (C=O) groups is 4. The number of benzene rings is 1. The molecule has 0 spiro atoms. The van der Waals surface area contributed by atoms with Crippen LogP contribution in [0.15, 0.2) is 45.8 Å². The van der Waals surface area contributed by atoms with Gasteiger partial charge in [0.05, 0.1) is 18.1 Å². The Morgan fingerprint density at radius 3 is 2.50 bits per heavy atom. The summed E-state index contributed by atoms with van der Waals surface area (Å²) in [6.45, 7) is -0.0103. The van der Waals surface area contributed by atoms with E-state index >= 15 is 0 Å². The zero-order valence-corrected chi connectivity index (χ0v) is 27.2. The van der Waals surface area contributed by atoms with Crippen molar-refractivity contribution in [2.24, 2.45) is 5.92 Å². The highest BCUT2D eigenvalue weighted by atomic mass is 79.9. The maximum Gasteiger partial charge on any atom is 0.408 e. The number of alkyl carbamates (subject to hydrolysis) is 1. The van der Waals surface area contributed by atoms with E-state index in [9.17, 15) is 23.4 Å². The van der Waals surface area contributed by atoms with Crippen LogP contribution in [0.4, 0.5) is 4.79 Å². The Labute approximate surface area is 268 Å². The predicted octanol–water partition coefficient (Wildman–Crippen LogP) is 4.06. The molecule has 11 nitrogen and oxygen atoms in total. The van der Waals surface area contributed by atoms with Crippen molar-refractivity contribution in [3.63, 3.8) is 0 Å². The van der Waals surface area contributed by atoms with Crippen molar-refractivity contribution in [2.45, 2.75) is 105 Å². The average Bonchev–Trinajstić information content (AvgIpc) is 3.30. The number of halogens is 1. The molecule has 13 heteroatoms. The molecule has 1 aromatic rings. The van der Waals surface area contributed by atoms with Crippen molar-refractivity contribution in [3.8, 4) is 0 Å². The SMILES string of the molecule is COC(=O)C12CC1/C=C\CCCCC[C@H](NC(=O)OC1CCCC1)C(=O)N1C[C@@H](OS(=O)c3ccc(Br)cc3)CC1C(=O)N2. The van der Waals surface area contributed by atoms with Gasteiger partial charge in [0.1, 0.15) is 23.7 Å². The van der Waals surface area contributed by atoms with Gasteiger partial charge in [-0.2, -0.15) is 0 Å². The first kappa shape index (κ1) is 32.6. The zero-order chi connectivity index (χ0) is 31.3.